The van der Waals surface area contributed by atoms with Crippen molar-refractivity contribution < 1.29 is 4.79 Å². The Morgan fingerprint density at radius 1 is 1.00 bits per heavy atom. The predicted octanol–water partition coefficient (Wildman–Crippen LogP) is 3.96. The summed E-state index contributed by atoms with van der Waals surface area (Å²) in [5, 5.41) is 3.40. The van der Waals surface area contributed by atoms with Crippen molar-refractivity contribution in [3.63, 3.8) is 0 Å². The minimum absolute atomic E-state index is 0.0520. The lowest BCUT2D eigenvalue weighted by Crippen LogP contribution is -2.60. The second-order valence-electron chi connectivity index (χ2n) is 7.05. The van der Waals surface area contributed by atoms with Gasteiger partial charge in [0.15, 0.2) is 0 Å². The highest BCUT2D eigenvalue weighted by Crippen LogP contribution is 2.43. The topological polar surface area (TPSA) is 32.3 Å². The number of carbonyl (C=O) groups excluding carboxylic acids is 1. The molecule has 1 amide bonds. The summed E-state index contributed by atoms with van der Waals surface area (Å²) in [5.41, 5.74) is 1.90. The molecule has 0 aromatic heterocycles. The number of nitrogens with zero attached hydrogens (tertiary/aromatic N) is 1. The monoisotopic (exact) mass is 320 g/mol. The van der Waals surface area contributed by atoms with E-state index in [0.717, 1.165) is 24.9 Å². The summed E-state index contributed by atoms with van der Waals surface area (Å²) >= 11 is 0. The van der Waals surface area contributed by atoms with Gasteiger partial charge in [-0.1, -0.05) is 48.5 Å². The molecule has 2 aliphatic rings. The third-order valence-corrected chi connectivity index (χ3v) is 5.59. The molecular weight excluding hydrogens is 296 g/mol. The average molecular weight is 320 g/mol. The Hall–Kier alpha value is -2.13. The number of rotatable bonds is 4. The average Bonchev–Trinajstić information content (AvgIpc) is 2.81. The largest absolute Gasteiger partial charge is 0.334 e. The van der Waals surface area contributed by atoms with Crippen LogP contribution >= 0.6 is 0 Å². The highest BCUT2D eigenvalue weighted by molar-refractivity contribution is 5.94. The van der Waals surface area contributed by atoms with Crippen LogP contribution in [0.4, 0.5) is 0 Å². The zero-order valence-corrected chi connectivity index (χ0v) is 13.9. The first-order valence-electron chi connectivity index (χ1n) is 8.95. The maximum atomic E-state index is 12.8. The summed E-state index contributed by atoms with van der Waals surface area (Å²) in [6, 6.07) is 20.8. The molecule has 2 atom stereocenters. The second-order valence-corrected chi connectivity index (χ2v) is 7.05. The van der Waals surface area contributed by atoms with Gasteiger partial charge in [-0.3, -0.25) is 9.69 Å². The van der Waals surface area contributed by atoms with Gasteiger partial charge in [0.1, 0.15) is 0 Å². The van der Waals surface area contributed by atoms with Crippen LogP contribution in [-0.4, -0.2) is 22.5 Å². The molecule has 24 heavy (non-hydrogen) atoms. The fraction of sp³-hybridized carbons (Fsp3) is 0.381. The Kier molecular flexibility index (Phi) is 4.11. The number of piperidine rings is 1. The highest BCUT2D eigenvalue weighted by atomic mass is 16.2. The first-order chi connectivity index (χ1) is 11.8. The molecular formula is C21H24N2O. The minimum Gasteiger partial charge on any atom is -0.334 e. The van der Waals surface area contributed by atoms with E-state index in [2.05, 4.69) is 40.5 Å². The summed E-state index contributed by atoms with van der Waals surface area (Å²) in [6.07, 6.45) is 5.74. The van der Waals surface area contributed by atoms with E-state index < -0.39 is 0 Å². The van der Waals surface area contributed by atoms with Crippen LogP contribution < -0.4 is 5.32 Å². The Labute approximate surface area is 143 Å². The molecule has 124 valence electrons. The Morgan fingerprint density at radius 2 is 1.71 bits per heavy atom. The molecule has 0 saturated carbocycles. The lowest BCUT2D eigenvalue weighted by atomic mass is 9.95. The van der Waals surface area contributed by atoms with Gasteiger partial charge in [-0.25, -0.2) is 0 Å². The number of carbonyl (C=O) groups is 1. The molecule has 0 aliphatic carbocycles. The zero-order valence-electron chi connectivity index (χ0n) is 13.9. The van der Waals surface area contributed by atoms with E-state index in [-0.39, 0.29) is 11.6 Å². The van der Waals surface area contributed by atoms with Gasteiger partial charge < -0.3 is 5.32 Å². The molecule has 0 spiro atoms. The van der Waals surface area contributed by atoms with E-state index in [1.807, 2.05) is 30.3 Å². The molecule has 2 aromatic carbocycles. The second kappa shape index (κ2) is 6.40. The molecule has 2 saturated heterocycles. The summed E-state index contributed by atoms with van der Waals surface area (Å²) in [7, 11) is 0. The highest BCUT2D eigenvalue weighted by Gasteiger charge is 2.49. The molecule has 2 heterocycles. The number of benzene rings is 2. The molecule has 2 aliphatic heterocycles. The van der Waals surface area contributed by atoms with Crippen molar-refractivity contribution in [2.24, 2.45) is 0 Å². The quantitative estimate of drug-likeness (QED) is 0.925. The first-order valence-corrected chi connectivity index (χ1v) is 8.95. The Bertz CT molecular complexity index is 696. The van der Waals surface area contributed by atoms with Crippen LogP contribution in [0.2, 0.25) is 0 Å². The number of hydrogen-bond acceptors (Lipinski definition) is 2. The summed E-state index contributed by atoms with van der Waals surface area (Å²) in [4.78, 5) is 15.3. The number of hydrogen-bond donors (Lipinski definition) is 1. The van der Waals surface area contributed by atoms with Crippen LogP contribution in [0.5, 0.6) is 0 Å². The Balaban J connectivity index is 1.57. The van der Waals surface area contributed by atoms with Gasteiger partial charge in [0.25, 0.3) is 5.91 Å². The van der Waals surface area contributed by atoms with E-state index in [9.17, 15) is 4.79 Å². The van der Waals surface area contributed by atoms with Crippen LogP contribution in [0.25, 0.3) is 0 Å². The normalized spacial score (nSPS) is 26.2. The molecule has 0 radical (unpaired) electrons. The zero-order chi connectivity index (χ0) is 16.4. The van der Waals surface area contributed by atoms with E-state index in [4.69, 9.17) is 0 Å². The minimum atomic E-state index is -0.175. The van der Waals surface area contributed by atoms with Gasteiger partial charge >= 0.3 is 0 Å². The molecule has 1 N–H and O–H groups in total. The summed E-state index contributed by atoms with van der Waals surface area (Å²) in [5.74, 6) is 0.0520. The molecule has 2 unspecified atom stereocenters. The van der Waals surface area contributed by atoms with Gasteiger partial charge in [0.05, 0.1) is 5.66 Å². The fourth-order valence-electron chi connectivity index (χ4n) is 4.38. The molecule has 3 heteroatoms. The van der Waals surface area contributed by atoms with Crippen molar-refractivity contribution in [1.29, 1.82) is 0 Å². The first kappa shape index (κ1) is 15.4. The maximum Gasteiger partial charge on any atom is 0.252 e. The van der Waals surface area contributed by atoms with Crippen molar-refractivity contribution in [2.45, 2.75) is 50.4 Å². The van der Waals surface area contributed by atoms with Crippen molar-refractivity contribution in [2.75, 3.05) is 0 Å². The van der Waals surface area contributed by atoms with Crippen molar-refractivity contribution >= 4 is 5.91 Å². The molecule has 2 bridgehead atoms. The Morgan fingerprint density at radius 3 is 2.46 bits per heavy atom. The van der Waals surface area contributed by atoms with E-state index in [0.29, 0.717) is 6.04 Å². The third-order valence-electron chi connectivity index (χ3n) is 5.59. The van der Waals surface area contributed by atoms with Gasteiger partial charge in [-0.15, -0.1) is 0 Å². The lowest BCUT2D eigenvalue weighted by molar-refractivity contribution is 0.0185. The van der Waals surface area contributed by atoms with Crippen LogP contribution in [-0.2, 0) is 6.54 Å². The number of nitrogens with one attached hydrogen (secondary N) is 1. The van der Waals surface area contributed by atoms with Crippen LogP contribution in [0, 0.1) is 0 Å². The molecule has 2 fully saturated rings. The van der Waals surface area contributed by atoms with E-state index in [1.54, 1.807) is 0 Å². The summed E-state index contributed by atoms with van der Waals surface area (Å²) < 4.78 is 0. The third kappa shape index (κ3) is 2.84. The van der Waals surface area contributed by atoms with Crippen LogP contribution in [0.1, 0.15) is 48.0 Å². The smallest absolute Gasteiger partial charge is 0.252 e. The molecule has 2 aromatic rings. The predicted molar refractivity (Wildman–Crippen MR) is 95.5 cm³/mol. The van der Waals surface area contributed by atoms with Crippen molar-refractivity contribution in [3.05, 3.63) is 71.8 Å². The molecule has 3 nitrogen and oxygen atoms in total. The standard InChI is InChI=1S/C21H24N2O/c24-20(18-10-5-2-6-11-18)22-21-14-7-12-19(13-15-21)23(21)16-17-8-3-1-4-9-17/h1-6,8-11,19H,7,12-16H2,(H,22,24). The number of fused-ring (bicyclic) bond motifs is 2. The maximum absolute atomic E-state index is 12.8. The van der Waals surface area contributed by atoms with E-state index in [1.165, 1.54) is 24.8 Å². The van der Waals surface area contributed by atoms with Gasteiger partial charge in [-0.05, 0) is 49.8 Å². The SMILES string of the molecule is O=C(NC12CCCC(CC1)N2Cc1ccccc1)c1ccccc1. The lowest BCUT2D eigenvalue weighted by Gasteiger charge is -2.45. The van der Waals surface area contributed by atoms with Crippen LogP contribution in [0.15, 0.2) is 60.7 Å². The number of amides is 1. The van der Waals surface area contributed by atoms with Crippen molar-refractivity contribution in [1.82, 2.24) is 10.2 Å². The van der Waals surface area contributed by atoms with Gasteiger partial charge in [0.2, 0.25) is 0 Å². The van der Waals surface area contributed by atoms with Crippen molar-refractivity contribution in [3.8, 4) is 0 Å². The van der Waals surface area contributed by atoms with Crippen LogP contribution in [0.3, 0.4) is 0 Å². The summed E-state index contributed by atoms with van der Waals surface area (Å²) in [6.45, 7) is 0.917. The fourth-order valence-corrected chi connectivity index (χ4v) is 4.38. The van der Waals surface area contributed by atoms with Gasteiger partial charge in [0, 0.05) is 18.2 Å². The van der Waals surface area contributed by atoms with Gasteiger partial charge in [-0.2, -0.15) is 0 Å². The molecule has 4 rings (SSSR count). The van der Waals surface area contributed by atoms with E-state index >= 15 is 0 Å².